The lowest BCUT2D eigenvalue weighted by Gasteiger charge is -2.06. The van der Waals surface area contributed by atoms with E-state index in [4.69, 9.17) is 27.9 Å². The summed E-state index contributed by atoms with van der Waals surface area (Å²) in [7, 11) is 0. The molecule has 2 aromatic rings. The summed E-state index contributed by atoms with van der Waals surface area (Å²) in [5.74, 6) is -0.468. The van der Waals surface area contributed by atoms with Crippen molar-refractivity contribution >= 4 is 17.2 Å². The Morgan fingerprint density at radius 2 is 1.62 bits per heavy atom. The van der Waals surface area contributed by atoms with Crippen molar-refractivity contribution in [3.8, 4) is 0 Å². The summed E-state index contributed by atoms with van der Waals surface area (Å²) in [6.07, 6.45) is 0. The minimum atomic E-state index is -2.56. The van der Waals surface area contributed by atoms with Gasteiger partial charge in [0.2, 0.25) is 0 Å². The van der Waals surface area contributed by atoms with Crippen LogP contribution in [-0.2, 0) is 0 Å². The van der Waals surface area contributed by atoms with Gasteiger partial charge in [0.05, 0.1) is 0 Å². The van der Waals surface area contributed by atoms with Crippen LogP contribution in [0.3, 0.4) is 0 Å². The van der Waals surface area contributed by atoms with Gasteiger partial charge in [-0.25, -0.2) is 0 Å². The van der Waals surface area contributed by atoms with Crippen molar-refractivity contribution in [2.45, 2.75) is 34.3 Å². The number of rotatable bonds is 1. The van der Waals surface area contributed by atoms with Gasteiger partial charge >= 0.3 is 0 Å². The molecule has 2 rings (SSSR count). The molecular formula is C18H24N2O. The van der Waals surface area contributed by atoms with E-state index in [1.165, 1.54) is 19.1 Å². The number of nitrogen functional groups attached to an aromatic ring is 2. The normalized spacial score (nSPS) is 20.6. The second-order valence-electron chi connectivity index (χ2n) is 4.34. The second kappa shape index (κ2) is 6.93. The Hall–Kier alpha value is -2.29. The summed E-state index contributed by atoms with van der Waals surface area (Å²) in [6, 6.07) is 5.89. The Balaban J connectivity index is 0.000000335. The molecule has 0 atom stereocenters. The van der Waals surface area contributed by atoms with E-state index in [9.17, 15) is 4.79 Å². The van der Waals surface area contributed by atoms with Crippen LogP contribution in [0.4, 0.5) is 11.4 Å². The molecule has 0 aliphatic heterocycles. The SMILES string of the molecule is [2H]C([2H])([2H])c1cc(C(C)=O)c(N)c(C([2H])([2H])[2H])c1.[2H]C([2H])([2H])c1ccc(N)c(C([2H])([2H])[2H])c1. The lowest BCUT2D eigenvalue weighted by molar-refractivity contribution is 0.101. The quantitative estimate of drug-likeness (QED) is 0.618. The molecular weight excluding hydrogens is 260 g/mol. The van der Waals surface area contributed by atoms with Gasteiger partial charge in [0.25, 0.3) is 0 Å². The smallest absolute Gasteiger partial charge is 0.161 e. The van der Waals surface area contributed by atoms with Gasteiger partial charge in [0, 0.05) is 33.4 Å². The highest BCUT2D eigenvalue weighted by Gasteiger charge is 2.06. The van der Waals surface area contributed by atoms with Gasteiger partial charge in [-0.15, -0.1) is 0 Å². The lowest BCUT2D eigenvalue weighted by Crippen LogP contribution is -2.02. The number of hydrogen-bond donors (Lipinski definition) is 2. The predicted octanol–water partition coefficient (Wildman–Crippen LogP) is 3.97. The molecule has 0 aromatic heterocycles. The molecule has 0 heterocycles. The summed E-state index contributed by atoms with van der Waals surface area (Å²) < 4.78 is 86.8. The average Bonchev–Trinajstić information content (AvgIpc) is 2.58. The number of carbonyl (C=O) groups excluding carboxylic acids is 1. The van der Waals surface area contributed by atoms with E-state index in [1.807, 2.05) is 0 Å². The first-order valence-corrected chi connectivity index (χ1v) is 5.92. The van der Waals surface area contributed by atoms with Gasteiger partial charge in [-0.1, -0.05) is 23.8 Å². The maximum Gasteiger partial charge on any atom is 0.161 e. The lowest BCUT2D eigenvalue weighted by atomic mass is 10.0. The van der Waals surface area contributed by atoms with Crippen LogP contribution >= 0.6 is 0 Å². The molecule has 0 saturated carbocycles. The monoisotopic (exact) mass is 296 g/mol. The van der Waals surface area contributed by atoms with E-state index in [0.29, 0.717) is 0 Å². The van der Waals surface area contributed by atoms with Crippen molar-refractivity contribution in [2.75, 3.05) is 11.5 Å². The molecule has 112 valence electrons. The van der Waals surface area contributed by atoms with E-state index in [-0.39, 0.29) is 39.2 Å². The first-order chi connectivity index (χ1) is 14.6. The molecule has 0 amide bonds. The van der Waals surface area contributed by atoms with Crippen molar-refractivity contribution in [3.63, 3.8) is 0 Å². The first kappa shape index (κ1) is 6.22. The summed E-state index contributed by atoms with van der Waals surface area (Å²) in [6.45, 7) is -8.54. The second-order valence-corrected chi connectivity index (χ2v) is 4.34. The molecule has 3 heteroatoms. The molecule has 21 heavy (non-hydrogen) atoms. The zero-order chi connectivity index (χ0) is 26.2. The van der Waals surface area contributed by atoms with Crippen molar-refractivity contribution in [1.29, 1.82) is 0 Å². The molecule has 0 unspecified atom stereocenters. The van der Waals surface area contributed by atoms with E-state index in [0.717, 1.165) is 18.2 Å². The third-order valence-electron chi connectivity index (χ3n) is 2.61. The van der Waals surface area contributed by atoms with Crippen LogP contribution in [0.15, 0.2) is 30.3 Å². The van der Waals surface area contributed by atoms with Crippen molar-refractivity contribution in [1.82, 2.24) is 0 Å². The Morgan fingerprint density at radius 1 is 0.952 bits per heavy atom. The van der Waals surface area contributed by atoms with Gasteiger partial charge in [0.1, 0.15) is 0 Å². The highest BCUT2D eigenvalue weighted by atomic mass is 16.1. The van der Waals surface area contributed by atoms with E-state index >= 15 is 0 Å². The summed E-state index contributed by atoms with van der Waals surface area (Å²) in [4.78, 5) is 11.4. The van der Waals surface area contributed by atoms with Gasteiger partial charge in [0.15, 0.2) is 5.78 Å². The third-order valence-corrected chi connectivity index (χ3v) is 2.61. The zero-order valence-electron chi connectivity index (χ0n) is 23.4. The van der Waals surface area contributed by atoms with Crippen LogP contribution < -0.4 is 11.5 Å². The summed E-state index contributed by atoms with van der Waals surface area (Å²) >= 11 is 0. The standard InChI is InChI=1S/C10H13NO.C8H11N/c1-6-4-7(2)10(11)9(5-6)8(3)12;1-6-3-4-8(9)7(2)5-6/h4-5H,11H2,1-3H3;3-5H,9H2,1-2H3/i2*1D3,2D3. The highest BCUT2D eigenvalue weighted by molar-refractivity contribution is 5.99. The number of hydrogen-bond acceptors (Lipinski definition) is 3. The third kappa shape index (κ3) is 4.63. The van der Waals surface area contributed by atoms with Crippen LogP contribution in [0.1, 0.15) is 56.0 Å². The molecule has 0 radical (unpaired) electrons. The van der Waals surface area contributed by atoms with E-state index in [1.54, 1.807) is 0 Å². The molecule has 2 aromatic carbocycles. The van der Waals surface area contributed by atoms with E-state index < -0.39 is 33.2 Å². The topological polar surface area (TPSA) is 69.1 Å². The fourth-order valence-corrected chi connectivity index (χ4v) is 1.50. The van der Waals surface area contributed by atoms with Gasteiger partial charge in [-0.3, -0.25) is 4.79 Å². The Kier molecular flexibility index (Phi) is 2.05. The number of nitrogens with two attached hydrogens (primary N) is 2. The fraction of sp³-hybridized carbons (Fsp3) is 0.278. The van der Waals surface area contributed by atoms with Crippen molar-refractivity contribution < 1.29 is 21.2 Å². The molecule has 0 saturated heterocycles. The molecule has 0 aliphatic rings. The predicted molar refractivity (Wildman–Crippen MR) is 90.7 cm³/mol. The largest absolute Gasteiger partial charge is 0.399 e. The Bertz CT molecular complexity index is 1020. The molecule has 4 N–H and O–H groups in total. The summed E-state index contributed by atoms with van der Waals surface area (Å²) in [5, 5.41) is 0. The minimum Gasteiger partial charge on any atom is -0.399 e. The molecule has 0 aliphatic carbocycles. The van der Waals surface area contributed by atoms with Crippen LogP contribution in [0, 0.1) is 27.4 Å². The number of aryl methyl sites for hydroxylation is 4. The minimum absolute atomic E-state index is 0.0113. The Labute approximate surface area is 143 Å². The fourth-order valence-electron chi connectivity index (χ4n) is 1.50. The van der Waals surface area contributed by atoms with Gasteiger partial charge in [-0.05, 0) is 63.2 Å². The van der Waals surface area contributed by atoms with Crippen molar-refractivity contribution in [2.24, 2.45) is 0 Å². The van der Waals surface area contributed by atoms with Crippen LogP contribution in [0.25, 0.3) is 0 Å². The van der Waals surface area contributed by atoms with Gasteiger partial charge < -0.3 is 11.5 Å². The average molecular weight is 296 g/mol. The number of ketones is 1. The molecule has 0 bridgehead atoms. The number of anilines is 2. The van der Waals surface area contributed by atoms with Crippen LogP contribution in [0.2, 0.25) is 0 Å². The maximum absolute atomic E-state index is 11.4. The number of Topliss-reactive ketones (excluding diaryl/α,β-unsaturated/α-hetero) is 1. The number of carbonyl (C=O) groups is 1. The van der Waals surface area contributed by atoms with Crippen LogP contribution in [0.5, 0.6) is 0 Å². The first-order valence-electron chi connectivity index (χ1n) is 11.9. The number of benzene rings is 2. The van der Waals surface area contributed by atoms with E-state index in [2.05, 4.69) is 0 Å². The maximum atomic E-state index is 11.4. The molecule has 3 nitrogen and oxygen atoms in total. The molecule has 0 spiro atoms. The van der Waals surface area contributed by atoms with Gasteiger partial charge in [-0.2, -0.15) is 0 Å². The highest BCUT2D eigenvalue weighted by Crippen LogP contribution is 2.19. The van der Waals surface area contributed by atoms with Crippen molar-refractivity contribution in [3.05, 3.63) is 58.1 Å². The molecule has 0 fully saturated rings. The van der Waals surface area contributed by atoms with Crippen LogP contribution in [-0.4, -0.2) is 5.78 Å². The Morgan fingerprint density at radius 3 is 2.19 bits per heavy atom. The zero-order valence-corrected chi connectivity index (χ0v) is 11.4. The summed E-state index contributed by atoms with van der Waals surface area (Å²) in [5.41, 5.74) is 10.3.